The van der Waals surface area contributed by atoms with Crippen molar-refractivity contribution in [2.24, 2.45) is 0 Å². The maximum absolute atomic E-state index is 13.1. The molecule has 27 heavy (non-hydrogen) atoms. The normalized spacial score (nSPS) is 23.3. The molecule has 1 fully saturated rings. The van der Waals surface area contributed by atoms with Crippen LogP contribution in [0.3, 0.4) is 0 Å². The number of hydrogen-bond donors (Lipinski definition) is 0. The van der Waals surface area contributed by atoms with E-state index < -0.39 is 0 Å². The van der Waals surface area contributed by atoms with Crippen LogP contribution in [0.5, 0.6) is 0 Å². The molecule has 2 nitrogen and oxygen atoms in total. The van der Waals surface area contributed by atoms with Gasteiger partial charge in [0.25, 0.3) is 0 Å². The molecule has 0 bridgehead atoms. The van der Waals surface area contributed by atoms with Crippen LogP contribution in [0, 0.1) is 5.82 Å². The molecule has 1 heterocycles. The number of hydrogen-bond acceptors (Lipinski definition) is 2. The largest absolute Gasteiger partial charge is 0.299 e. The summed E-state index contributed by atoms with van der Waals surface area (Å²) in [6, 6.07) is 14.8. The lowest BCUT2D eigenvalue weighted by Crippen LogP contribution is -2.38. The first-order chi connectivity index (χ1) is 13.2. The highest BCUT2D eigenvalue weighted by Crippen LogP contribution is 2.38. The van der Waals surface area contributed by atoms with Crippen molar-refractivity contribution in [3.63, 3.8) is 0 Å². The zero-order chi connectivity index (χ0) is 18.6. The zero-order valence-corrected chi connectivity index (χ0v) is 15.6. The Kier molecular flexibility index (Phi) is 5.49. The van der Waals surface area contributed by atoms with Crippen molar-refractivity contribution in [3.05, 3.63) is 83.2 Å². The minimum atomic E-state index is -0.318. The van der Waals surface area contributed by atoms with Crippen LogP contribution < -0.4 is 0 Å². The number of carbonyl (C=O) groups is 1. The molecule has 1 saturated heterocycles. The second-order valence-electron chi connectivity index (χ2n) is 7.68. The molecule has 3 heteroatoms. The molecule has 140 valence electrons. The minimum Gasteiger partial charge on any atom is -0.299 e. The Bertz CT molecular complexity index is 819. The predicted octanol–water partition coefficient (Wildman–Crippen LogP) is 5.15. The van der Waals surface area contributed by atoms with Gasteiger partial charge in [-0.1, -0.05) is 43.2 Å². The molecule has 2 atom stereocenters. The lowest BCUT2D eigenvalue weighted by molar-refractivity contribution is 0.104. The summed E-state index contributed by atoms with van der Waals surface area (Å²) in [7, 11) is 0. The average Bonchev–Trinajstić information content (AvgIpc) is 2.86. The van der Waals surface area contributed by atoms with E-state index in [0.717, 1.165) is 19.5 Å². The number of ketones is 1. The van der Waals surface area contributed by atoms with Crippen LogP contribution >= 0.6 is 0 Å². The van der Waals surface area contributed by atoms with Crippen molar-refractivity contribution in [1.82, 2.24) is 4.90 Å². The second-order valence-corrected chi connectivity index (χ2v) is 7.68. The number of nitrogens with zero attached hydrogens (tertiary/aromatic N) is 1. The predicted molar refractivity (Wildman–Crippen MR) is 107 cm³/mol. The average molecular weight is 363 g/mol. The summed E-state index contributed by atoms with van der Waals surface area (Å²) in [4.78, 5) is 15.2. The van der Waals surface area contributed by atoms with Gasteiger partial charge in [0.05, 0.1) is 0 Å². The fraction of sp³-hybridized carbons (Fsp3) is 0.375. The quantitative estimate of drug-likeness (QED) is 0.553. The third-order valence-corrected chi connectivity index (χ3v) is 5.95. The number of carbonyl (C=O) groups excluding carboxylic acids is 1. The first-order valence-corrected chi connectivity index (χ1v) is 10.0. The Labute approximate surface area is 160 Å². The number of fused-ring (bicyclic) bond motifs is 1. The lowest BCUT2D eigenvalue weighted by Gasteiger charge is -2.31. The fourth-order valence-corrected chi connectivity index (χ4v) is 4.52. The van der Waals surface area contributed by atoms with E-state index in [-0.39, 0.29) is 17.5 Å². The molecule has 0 spiro atoms. The molecule has 1 aliphatic heterocycles. The molecule has 0 aromatic heterocycles. The van der Waals surface area contributed by atoms with Gasteiger partial charge in [0, 0.05) is 17.5 Å². The first-order valence-electron chi connectivity index (χ1n) is 10.0. The third-order valence-electron chi connectivity index (χ3n) is 5.95. The SMILES string of the molecule is O=C(/C=C\[C@@H]1c2ccccc2C[C@H]1N1CCCCCC1)c1ccc(F)cc1. The van der Waals surface area contributed by atoms with E-state index in [1.807, 2.05) is 0 Å². The minimum absolute atomic E-state index is 0.0611. The van der Waals surface area contributed by atoms with Gasteiger partial charge in [-0.3, -0.25) is 9.69 Å². The van der Waals surface area contributed by atoms with Crippen molar-refractivity contribution in [3.8, 4) is 0 Å². The maximum atomic E-state index is 13.1. The molecular formula is C24H26FNO. The van der Waals surface area contributed by atoms with Crippen LogP contribution in [0.15, 0.2) is 60.7 Å². The topological polar surface area (TPSA) is 20.3 Å². The highest BCUT2D eigenvalue weighted by molar-refractivity contribution is 6.04. The molecule has 2 aromatic rings. The van der Waals surface area contributed by atoms with Crippen molar-refractivity contribution in [2.45, 2.75) is 44.1 Å². The van der Waals surface area contributed by atoms with E-state index in [1.54, 1.807) is 18.2 Å². The molecule has 4 rings (SSSR count). The number of rotatable bonds is 4. The highest BCUT2D eigenvalue weighted by atomic mass is 19.1. The van der Waals surface area contributed by atoms with Crippen LogP contribution in [-0.4, -0.2) is 29.8 Å². The number of likely N-dealkylation sites (tertiary alicyclic amines) is 1. The van der Waals surface area contributed by atoms with Crippen LogP contribution in [0.25, 0.3) is 0 Å². The van der Waals surface area contributed by atoms with Crippen LogP contribution in [0.2, 0.25) is 0 Å². The third kappa shape index (κ3) is 4.03. The van der Waals surface area contributed by atoms with Crippen molar-refractivity contribution < 1.29 is 9.18 Å². The Morgan fingerprint density at radius 2 is 1.67 bits per heavy atom. The Morgan fingerprint density at radius 3 is 2.41 bits per heavy atom. The molecule has 2 aromatic carbocycles. The standard InChI is InChI=1S/C24H26FNO/c25-20-11-9-18(10-12-20)24(27)14-13-22-21-8-4-3-7-19(21)17-23(22)26-15-5-1-2-6-16-26/h3-4,7-14,22-23H,1-2,5-6,15-17H2/b14-13-/t22-,23-/m1/s1. The van der Waals surface area contributed by atoms with Gasteiger partial charge in [0.1, 0.15) is 5.82 Å². The van der Waals surface area contributed by atoms with Crippen molar-refractivity contribution in [1.29, 1.82) is 0 Å². The second kappa shape index (κ2) is 8.18. The van der Waals surface area contributed by atoms with Gasteiger partial charge in [0.15, 0.2) is 5.78 Å². The van der Waals surface area contributed by atoms with Crippen LogP contribution in [-0.2, 0) is 6.42 Å². The summed E-state index contributed by atoms with van der Waals surface area (Å²) in [6.45, 7) is 2.30. The maximum Gasteiger partial charge on any atom is 0.185 e. The summed E-state index contributed by atoms with van der Waals surface area (Å²) in [5, 5.41) is 0. The van der Waals surface area contributed by atoms with Gasteiger partial charge in [-0.25, -0.2) is 4.39 Å². The Balaban J connectivity index is 1.58. The van der Waals surface area contributed by atoms with E-state index in [1.165, 1.54) is 48.9 Å². The summed E-state index contributed by atoms with van der Waals surface area (Å²) in [5.74, 6) is -0.140. The van der Waals surface area contributed by atoms with Gasteiger partial charge in [0.2, 0.25) is 0 Å². The van der Waals surface area contributed by atoms with Gasteiger partial charge >= 0.3 is 0 Å². The van der Waals surface area contributed by atoms with Gasteiger partial charge < -0.3 is 0 Å². The Hall–Kier alpha value is -2.26. The van der Waals surface area contributed by atoms with E-state index >= 15 is 0 Å². The molecule has 0 saturated carbocycles. The summed E-state index contributed by atoms with van der Waals surface area (Å²) < 4.78 is 13.1. The van der Waals surface area contributed by atoms with Crippen molar-refractivity contribution >= 4 is 5.78 Å². The summed E-state index contributed by atoms with van der Waals surface area (Å²) in [5.41, 5.74) is 3.27. The van der Waals surface area contributed by atoms with Crippen molar-refractivity contribution in [2.75, 3.05) is 13.1 Å². The number of benzene rings is 2. The van der Waals surface area contributed by atoms with E-state index in [0.29, 0.717) is 11.6 Å². The highest BCUT2D eigenvalue weighted by Gasteiger charge is 2.34. The molecule has 1 aliphatic carbocycles. The van der Waals surface area contributed by atoms with Gasteiger partial charge in [-0.05, 0) is 73.8 Å². The number of halogens is 1. The van der Waals surface area contributed by atoms with Crippen LogP contribution in [0.4, 0.5) is 4.39 Å². The van der Waals surface area contributed by atoms with E-state index in [9.17, 15) is 9.18 Å². The smallest absolute Gasteiger partial charge is 0.185 e. The fourth-order valence-electron chi connectivity index (χ4n) is 4.52. The summed E-state index contributed by atoms with van der Waals surface area (Å²) in [6.07, 6.45) is 9.98. The molecule has 0 unspecified atom stereocenters. The first kappa shape index (κ1) is 18.1. The molecule has 0 amide bonds. The molecule has 0 N–H and O–H groups in total. The van der Waals surface area contributed by atoms with E-state index in [2.05, 4.69) is 35.2 Å². The zero-order valence-electron chi connectivity index (χ0n) is 15.6. The molecule has 2 aliphatic rings. The Morgan fingerprint density at radius 1 is 0.963 bits per heavy atom. The molecule has 0 radical (unpaired) electrons. The molecular weight excluding hydrogens is 337 g/mol. The van der Waals surface area contributed by atoms with Crippen LogP contribution in [0.1, 0.15) is 53.1 Å². The van der Waals surface area contributed by atoms with Gasteiger partial charge in [-0.2, -0.15) is 0 Å². The summed E-state index contributed by atoms with van der Waals surface area (Å²) >= 11 is 0. The van der Waals surface area contributed by atoms with Gasteiger partial charge in [-0.15, -0.1) is 0 Å². The lowest BCUT2D eigenvalue weighted by atomic mass is 9.95. The monoisotopic (exact) mass is 363 g/mol. The van der Waals surface area contributed by atoms with E-state index in [4.69, 9.17) is 0 Å². The number of allylic oxidation sites excluding steroid dienone is 1.